The topological polar surface area (TPSA) is 85.8 Å². The molecule has 5 rings (SSSR count). The highest BCUT2D eigenvalue weighted by Gasteiger charge is 2.20. The molecule has 0 fully saturated rings. The van der Waals surface area contributed by atoms with Crippen molar-refractivity contribution in [2.45, 2.75) is 51.6 Å². The van der Waals surface area contributed by atoms with E-state index < -0.39 is 0 Å². The van der Waals surface area contributed by atoms with Crippen molar-refractivity contribution in [1.29, 1.82) is 0 Å². The summed E-state index contributed by atoms with van der Waals surface area (Å²) in [5.41, 5.74) is 10.0. The molecule has 1 aliphatic carbocycles. The Labute approximate surface area is 186 Å². The van der Waals surface area contributed by atoms with Crippen LogP contribution in [0.3, 0.4) is 0 Å². The highest BCUT2D eigenvalue weighted by molar-refractivity contribution is 7.19. The minimum atomic E-state index is 0.213. The fraction of sp³-hybridized carbons (Fsp3) is 0.391. The van der Waals surface area contributed by atoms with Gasteiger partial charge in [-0.05, 0) is 62.9 Å². The van der Waals surface area contributed by atoms with Crippen molar-refractivity contribution in [2.75, 3.05) is 12.8 Å². The van der Waals surface area contributed by atoms with Crippen molar-refractivity contribution < 1.29 is 0 Å². The number of hydrogen-bond donors (Lipinski definition) is 1. The summed E-state index contributed by atoms with van der Waals surface area (Å²) in [7, 11) is 2.10. The molecule has 3 aromatic heterocycles. The molecule has 0 aliphatic heterocycles. The minimum absolute atomic E-state index is 0.213. The van der Waals surface area contributed by atoms with E-state index in [4.69, 9.17) is 10.7 Å². The van der Waals surface area contributed by atoms with Crippen LogP contribution in [0.25, 0.3) is 15.9 Å². The zero-order valence-corrected chi connectivity index (χ0v) is 18.8. The first-order valence-corrected chi connectivity index (χ1v) is 11.6. The van der Waals surface area contributed by atoms with E-state index in [0.717, 1.165) is 34.6 Å². The number of fused-ring (bicyclic) bond motifs is 3. The normalized spacial score (nSPS) is 15.2. The minimum Gasteiger partial charge on any atom is -0.383 e. The van der Waals surface area contributed by atoms with Gasteiger partial charge < -0.3 is 5.73 Å². The zero-order chi connectivity index (χ0) is 21.4. The summed E-state index contributed by atoms with van der Waals surface area (Å²) in [6, 6.07) is 8.60. The van der Waals surface area contributed by atoms with E-state index in [2.05, 4.69) is 58.2 Å². The zero-order valence-electron chi connectivity index (χ0n) is 18.0. The van der Waals surface area contributed by atoms with E-state index in [1.807, 2.05) is 11.3 Å². The molecule has 0 spiro atoms. The number of benzene rings is 1. The Bertz CT molecular complexity index is 1180. The number of hydrogen-bond acceptors (Lipinski definition) is 7. The van der Waals surface area contributed by atoms with E-state index in [1.165, 1.54) is 35.3 Å². The van der Waals surface area contributed by atoms with Gasteiger partial charge in [-0.15, -0.1) is 11.3 Å². The van der Waals surface area contributed by atoms with Crippen LogP contribution < -0.4 is 5.73 Å². The van der Waals surface area contributed by atoms with Gasteiger partial charge in [-0.2, -0.15) is 5.10 Å². The van der Waals surface area contributed by atoms with Crippen LogP contribution in [0.15, 0.2) is 36.9 Å². The molecule has 0 radical (unpaired) electrons. The largest absolute Gasteiger partial charge is 0.383 e. The van der Waals surface area contributed by atoms with Gasteiger partial charge >= 0.3 is 0 Å². The molecule has 3 heterocycles. The average molecular weight is 434 g/mol. The van der Waals surface area contributed by atoms with Gasteiger partial charge in [-0.3, -0.25) is 4.90 Å². The van der Waals surface area contributed by atoms with Crippen molar-refractivity contribution in [3.8, 4) is 5.69 Å². The predicted molar refractivity (Wildman–Crippen MR) is 124 cm³/mol. The number of anilines is 1. The lowest BCUT2D eigenvalue weighted by Gasteiger charge is -2.24. The third kappa shape index (κ3) is 3.93. The number of nitrogens with two attached hydrogens (primary N) is 1. The number of rotatable bonds is 5. The van der Waals surface area contributed by atoms with Gasteiger partial charge in [0.1, 0.15) is 29.1 Å². The number of nitrogen functional groups attached to an aromatic ring is 1. The maximum absolute atomic E-state index is 6.43. The molecule has 8 heteroatoms. The molecule has 0 saturated heterocycles. The van der Waals surface area contributed by atoms with Crippen molar-refractivity contribution in [3.05, 3.63) is 58.7 Å². The van der Waals surface area contributed by atoms with Gasteiger partial charge in [-0.1, -0.05) is 18.6 Å². The maximum atomic E-state index is 6.43. The molecule has 2 N–H and O–H groups in total. The molecular formula is C23H27N7S. The lowest BCUT2D eigenvalue weighted by atomic mass is 10.1. The van der Waals surface area contributed by atoms with E-state index >= 15 is 0 Å². The van der Waals surface area contributed by atoms with E-state index in [9.17, 15) is 0 Å². The predicted octanol–water partition coefficient (Wildman–Crippen LogP) is 4.32. The summed E-state index contributed by atoms with van der Waals surface area (Å²) >= 11 is 1.81. The van der Waals surface area contributed by atoms with E-state index in [0.29, 0.717) is 12.4 Å². The summed E-state index contributed by atoms with van der Waals surface area (Å²) in [5.74, 6) is 1.42. The van der Waals surface area contributed by atoms with Crippen LogP contribution in [0.1, 0.15) is 54.1 Å². The van der Waals surface area contributed by atoms with Crippen LogP contribution in [0.5, 0.6) is 0 Å². The van der Waals surface area contributed by atoms with Crippen LogP contribution in [0.4, 0.5) is 5.82 Å². The van der Waals surface area contributed by atoms with Crippen molar-refractivity contribution in [2.24, 2.45) is 0 Å². The summed E-state index contributed by atoms with van der Waals surface area (Å²) in [6.45, 7) is 2.84. The molecule has 0 amide bonds. The van der Waals surface area contributed by atoms with Crippen LogP contribution >= 0.6 is 11.3 Å². The molecule has 1 atom stereocenters. The van der Waals surface area contributed by atoms with E-state index in [-0.39, 0.29) is 6.04 Å². The second-order valence-corrected chi connectivity index (χ2v) is 9.38. The van der Waals surface area contributed by atoms with Crippen molar-refractivity contribution in [1.82, 2.24) is 29.6 Å². The first kappa shape index (κ1) is 20.1. The summed E-state index contributed by atoms with van der Waals surface area (Å²) in [6.07, 6.45) is 9.28. The van der Waals surface area contributed by atoms with Gasteiger partial charge in [-0.25, -0.2) is 19.6 Å². The molecule has 1 aliphatic rings. The molecule has 1 aromatic carbocycles. The number of nitrogens with zero attached hydrogens (tertiary/aromatic N) is 6. The van der Waals surface area contributed by atoms with Gasteiger partial charge in [0.25, 0.3) is 0 Å². The van der Waals surface area contributed by atoms with Gasteiger partial charge in [0.15, 0.2) is 0 Å². The lowest BCUT2D eigenvalue weighted by Crippen LogP contribution is -2.23. The molecule has 7 nitrogen and oxygen atoms in total. The Kier molecular flexibility index (Phi) is 5.41. The Hall–Kier alpha value is -2.84. The fourth-order valence-corrected chi connectivity index (χ4v) is 5.63. The first-order chi connectivity index (χ1) is 15.1. The van der Waals surface area contributed by atoms with Crippen LogP contribution in [0, 0.1) is 0 Å². The first-order valence-electron chi connectivity index (χ1n) is 10.8. The molecule has 160 valence electrons. The molecule has 0 unspecified atom stereocenters. The number of aryl methyl sites for hydroxylation is 2. The Morgan fingerprint density at radius 2 is 1.94 bits per heavy atom. The Morgan fingerprint density at radius 3 is 2.71 bits per heavy atom. The monoisotopic (exact) mass is 433 g/mol. The average Bonchev–Trinajstić information content (AvgIpc) is 3.36. The van der Waals surface area contributed by atoms with E-state index in [1.54, 1.807) is 17.3 Å². The molecule has 0 bridgehead atoms. The lowest BCUT2D eigenvalue weighted by molar-refractivity contribution is 0.247. The standard InChI is InChI=1S/C23H27N7S/c1-15(16-8-10-17(11-9-16)30-14-25-13-26-30)29(2)12-20-27-22(24)21-18-6-4-3-5-7-19(18)31-23(21)28-20/h8-11,13-15H,3-7,12H2,1-2H3,(H2,24,27,28)/t15-/m1/s1. The second-order valence-electron chi connectivity index (χ2n) is 8.29. The molecular weight excluding hydrogens is 406 g/mol. The Balaban J connectivity index is 1.35. The van der Waals surface area contributed by atoms with Crippen molar-refractivity contribution in [3.63, 3.8) is 0 Å². The SMILES string of the molecule is C[C@H](c1ccc(-n2cncn2)cc1)N(C)Cc1nc(N)c2c3c(sc2n1)CCCCC3. The fourth-order valence-electron chi connectivity index (χ4n) is 4.34. The summed E-state index contributed by atoms with van der Waals surface area (Å²) < 4.78 is 1.76. The van der Waals surface area contributed by atoms with Crippen LogP contribution in [-0.2, 0) is 19.4 Å². The number of thiophene rings is 1. The third-order valence-corrected chi connectivity index (χ3v) is 7.44. The number of aromatic nitrogens is 5. The van der Waals surface area contributed by atoms with Crippen molar-refractivity contribution >= 4 is 27.4 Å². The van der Waals surface area contributed by atoms with Crippen LogP contribution in [-0.4, -0.2) is 36.7 Å². The summed E-state index contributed by atoms with van der Waals surface area (Å²) in [5, 5.41) is 5.28. The highest BCUT2D eigenvalue weighted by Crippen LogP contribution is 2.37. The van der Waals surface area contributed by atoms with Gasteiger partial charge in [0, 0.05) is 10.9 Å². The third-order valence-electron chi connectivity index (χ3n) is 6.25. The van der Waals surface area contributed by atoms with Crippen LogP contribution in [0.2, 0.25) is 0 Å². The Morgan fingerprint density at radius 1 is 1.13 bits per heavy atom. The highest BCUT2D eigenvalue weighted by atomic mass is 32.1. The summed E-state index contributed by atoms with van der Waals surface area (Å²) in [4.78, 5) is 18.4. The molecule has 4 aromatic rings. The molecule has 0 saturated carbocycles. The van der Waals surface area contributed by atoms with Gasteiger partial charge in [0.05, 0.1) is 17.6 Å². The quantitative estimate of drug-likeness (QED) is 0.472. The van der Waals surface area contributed by atoms with Gasteiger partial charge in [0.2, 0.25) is 0 Å². The maximum Gasteiger partial charge on any atom is 0.146 e. The second kappa shape index (κ2) is 8.36. The smallest absolute Gasteiger partial charge is 0.146 e. The molecule has 31 heavy (non-hydrogen) atoms.